The van der Waals surface area contributed by atoms with Crippen molar-refractivity contribution < 1.29 is 17.9 Å². The molecule has 0 aliphatic carbocycles. The average Bonchev–Trinajstić information content (AvgIpc) is 2.28. The average molecular weight is 342 g/mol. The van der Waals surface area contributed by atoms with Crippen LogP contribution in [0.2, 0.25) is 5.02 Å². The van der Waals surface area contributed by atoms with Gasteiger partial charge in [-0.2, -0.15) is 0 Å². The highest BCUT2D eigenvalue weighted by Gasteiger charge is 2.16. The smallest absolute Gasteiger partial charge is 0.339 e. The second-order valence-corrected chi connectivity index (χ2v) is 5.10. The standard InChI is InChI=1S/C10H10BrClO4S/c1-16-10(13)7-3-2-6(5-17(14)15)8(4-11)9(7)12/h2-3,17H,4-5H2,1H3. The molecule has 1 aromatic rings. The molecule has 0 spiro atoms. The van der Waals surface area contributed by atoms with Crippen molar-refractivity contribution in [1.29, 1.82) is 0 Å². The Morgan fingerprint density at radius 3 is 2.59 bits per heavy atom. The normalized spacial score (nSPS) is 10.6. The molecular formula is C10H10BrClO4S. The highest BCUT2D eigenvalue weighted by Crippen LogP contribution is 2.28. The van der Waals surface area contributed by atoms with Crippen molar-refractivity contribution >= 4 is 44.2 Å². The summed E-state index contributed by atoms with van der Waals surface area (Å²) in [6.07, 6.45) is 0. The molecule has 0 saturated carbocycles. The van der Waals surface area contributed by atoms with Crippen LogP contribution in [0.15, 0.2) is 12.1 Å². The molecule has 0 N–H and O–H groups in total. The van der Waals surface area contributed by atoms with E-state index in [1.807, 2.05) is 0 Å². The van der Waals surface area contributed by atoms with Crippen LogP contribution in [0.3, 0.4) is 0 Å². The molecule has 0 saturated heterocycles. The summed E-state index contributed by atoms with van der Waals surface area (Å²) in [6, 6.07) is 3.04. The molecule has 7 heteroatoms. The number of halogens is 2. The van der Waals surface area contributed by atoms with E-state index in [4.69, 9.17) is 11.6 Å². The number of ether oxygens (including phenoxy) is 1. The van der Waals surface area contributed by atoms with E-state index in [1.165, 1.54) is 13.2 Å². The van der Waals surface area contributed by atoms with Crippen molar-refractivity contribution in [1.82, 2.24) is 0 Å². The Kier molecular flexibility index (Phi) is 5.42. The molecule has 1 rings (SSSR count). The summed E-state index contributed by atoms with van der Waals surface area (Å²) >= 11 is 9.26. The predicted molar refractivity (Wildman–Crippen MR) is 69.4 cm³/mol. The number of rotatable bonds is 4. The van der Waals surface area contributed by atoms with Crippen molar-refractivity contribution in [3.63, 3.8) is 0 Å². The van der Waals surface area contributed by atoms with Crippen LogP contribution >= 0.6 is 27.5 Å². The second-order valence-electron chi connectivity index (χ2n) is 3.18. The number of hydrogen-bond acceptors (Lipinski definition) is 4. The zero-order chi connectivity index (χ0) is 13.0. The van der Waals surface area contributed by atoms with E-state index < -0.39 is 16.7 Å². The van der Waals surface area contributed by atoms with Crippen LogP contribution in [-0.4, -0.2) is 21.5 Å². The number of hydrogen-bond donors (Lipinski definition) is 1. The Hall–Kier alpha value is -0.590. The number of alkyl halides is 1. The fourth-order valence-electron chi connectivity index (χ4n) is 1.36. The van der Waals surface area contributed by atoms with Crippen LogP contribution in [0.25, 0.3) is 0 Å². The number of benzene rings is 1. The van der Waals surface area contributed by atoms with Crippen molar-refractivity contribution in [3.05, 3.63) is 33.8 Å². The number of methoxy groups -OCH3 is 1. The van der Waals surface area contributed by atoms with Crippen molar-refractivity contribution in [2.45, 2.75) is 11.1 Å². The molecule has 0 atom stereocenters. The van der Waals surface area contributed by atoms with Gasteiger partial charge in [0.2, 0.25) is 0 Å². The Labute approximate surface area is 114 Å². The van der Waals surface area contributed by atoms with E-state index in [0.29, 0.717) is 16.5 Å². The number of thiol groups is 1. The summed E-state index contributed by atoms with van der Waals surface area (Å²) in [6.45, 7) is 0. The van der Waals surface area contributed by atoms with Gasteiger partial charge in [-0.3, -0.25) is 0 Å². The lowest BCUT2D eigenvalue weighted by atomic mass is 10.1. The van der Waals surface area contributed by atoms with Crippen LogP contribution < -0.4 is 0 Å². The number of carbonyl (C=O) groups is 1. The van der Waals surface area contributed by atoms with Gasteiger partial charge in [-0.1, -0.05) is 33.6 Å². The Bertz CT molecular complexity index is 505. The van der Waals surface area contributed by atoms with Crippen molar-refractivity contribution in [2.24, 2.45) is 0 Å². The topological polar surface area (TPSA) is 60.4 Å². The van der Waals surface area contributed by atoms with E-state index in [9.17, 15) is 13.2 Å². The van der Waals surface area contributed by atoms with E-state index in [1.54, 1.807) is 6.07 Å². The van der Waals surface area contributed by atoms with Crippen molar-refractivity contribution in [3.8, 4) is 0 Å². The van der Waals surface area contributed by atoms with Crippen molar-refractivity contribution in [2.75, 3.05) is 7.11 Å². The lowest BCUT2D eigenvalue weighted by molar-refractivity contribution is 0.0601. The van der Waals surface area contributed by atoms with E-state index in [0.717, 1.165) is 0 Å². The fourth-order valence-corrected chi connectivity index (χ4v) is 3.07. The third-order valence-electron chi connectivity index (χ3n) is 2.18. The molecule has 4 nitrogen and oxygen atoms in total. The minimum absolute atomic E-state index is 0.0998. The molecule has 0 aliphatic heterocycles. The van der Waals surface area contributed by atoms with E-state index >= 15 is 0 Å². The summed E-state index contributed by atoms with van der Waals surface area (Å²) in [5.74, 6) is -0.646. The van der Waals surface area contributed by atoms with Gasteiger partial charge in [-0.15, -0.1) is 0 Å². The quantitative estimate of drug-likeness (QED) is 0.518. The highest BCUT2D eigenvalue weighted by molar-refractivity contribution is 9.08. The summed E-state index contributed by atoms with van der Waals surface area (Å²) in [5, 5.41) is 0.595. The Balaban J connectivity index is 3.31. The zero-order valence-electron chi connectivity index (χ0n) is 8.91. The van der Waals surface area contributed by atoms with Crippen LogP contribution in [0.1, 0.15) is 21.5 Å². The van der Waals surface area contributed by atoms with Gasteiger partial charge in [-0.25, -0.2) is 13.2 Å². The first kappa shape index (κ1) is 14.5. The van der Waals surface area contributed by atoms with Gasteiger partial charge in [0, 0.05) is 5.33 Å². The van der Waals surface area contributed by atoms with Gasteiger partial charge in [0.15, 0.2) is 0 Å². The molecule has 0 bridgehead atoms. The summed E-state index contributed by atoms with van der Waals surface area (Å²) in [4.78, 5) is 11.4. The molecular weight excluding hydrogens is 332 g/mol. The van der Waals surface area contributed by atoms with Gasteiger partial charge in [0.1, 0.15) is 10.7 Å². The first-order chi connectivity index (χ1) is 8.01. The number of carbonyl (C=O) groups excluding carboxylic acids is 1. The largest absolute Gasteiger partial charge is 0.465 e. The van der Waals surface area contributed by atoms with Crippen LogP contribution in [0, 0.1) is 0 Å². The third-order valence-corrected chi connectivity index (χ3v) is 3.77. The molecule has 0 unspecified atom stereocenters. The summed E-state index contributed by atoms with van der Waals surface area (Å²) in [7, 11) is -1.28. The highest BCUT2D eigenvalue weighted by atomic mass is 79.9. The zero-order valence-corrected chi connectivity index (χ0v) is 12.1. The molecule has 0 amide bonds. The van der Waals surface area contributed by atoms with Gasteiger partial charge in [-0.05, 0) is 17.2 Å². The van der Waals surface area contributed by atoms with Gasteiger partial charge in [0.05, 0.1) is 23.4 Å². The summed E-state index contributed by atoms with van der Waals surface area (Å²) < 4.78 is 26.0. The first-order valence-corrected chi connectivity index (χ1v) is 7.43. The predicted octanol–water partition coefficient (Wildman–Crippen LogP) is 2.13. The molecule has 0 fully saturated rings. The minimum atomic E-state index is -2.54. The van der Waals surface area contributed by atoms with E-state index in [2.05, 4.69) is 20.7 Å². The molecule has 0 radical (unpaired) electrons. The van der Waals surface area contributed by atoms with Gasteiger partial charge >= 0.3 is 5.97 Å². The van der Waals surface area contributed by atoms with E-state index in [-0.39, 0.29) is 16.3 Å². The Morgan fingerprint density at radius 1 is 1.47 bits per heavy atom. The Morgan fingerprint density at radius 2 is 2.12 bits per heavy atom. The van der Waals surface area contributed by atoms with Crippen LogP contribution in [0.5, 0.6) is 0 Å². The molecule has 1 aromatic carbocycles. The minimum Gasteiger partial charge on any atom is -0.465 e. The van der Waals surface area contributed by atoms with Gasteiger partial charge < -0.3 is 4.74 Å². The SMILES string of the molecule is COC(=O)c1ccc(C[SH](=O)=O)c(CBr)c1Cl. The molecule has 94 valence electrons. The lowest BCUT2D eigenvalue weighted by Crippen LogP contribution is -2.05. The monoisotopic (exact) mass is 340 g/mol. The molecule has 0 aromatic heterocycles. The maximum atomic E-state index is 11.4. The molecule has 17 heavy (non-hydrogen) atoms. The number of esters is 1. The molecule has 0 heterocycles. The lowest BCUT2D eigenvalue weighted by Gasteiger charge is -2.10. The maximum absolute atomic E-state index is 11.4. The van der Waals surface area contributed by atoms with Gasteiger partial charge in [0.25, 0.3) is 0 Å². The first-order valence-electron chi connectivity index (χ1n) is 4.57. The second kappa shape index (κ2) is 6.37. The van der Waals surface area contributed by atoms with Crippen LogP contribution in [0.4, 0.5) is 0 Å². The maximum Gasteiger partial charge on any atom is 0.339 e. The third kappa shape index (κ3) is 3.43. The van der Waals surface area contributed by atoms with Crippen LogP contribution in [-0.2, 0) is 26.5 Å². The fraction of sp³-hybridized carbons (Fsp3) is 0.300. The summed E-state index contributed by atoms with van der Waals surface area (Å²) in [5.41, 5.74) is 1.40. The molecule has 0 aliphatic rings.